The molecule has 0 aliphatic carbocycles. The molecule has 1 heterocycles. The minimum atomic E-state index is -0.167. The number of nitrogens with zero attached hydrogens (tertiary/aromatic N) is 1. The van der Waals surface area contributed by atoms with Gasteiger partial charge in [-0.1, -0.05) is 29.8 Å². The summed E-state index contributed by atoms with van der Waals surface area (Å²) >= 11 is 0. The normalized spacial score (nSPS) is 16.0. The molecule has 0 radical (unpaired) electrons. The molecule has 0 fully saturated rings. The van der Waals surface area contributed by atoms with Gasteiger partial charge in [0.2, 0.25) is 0 Å². The lowest BCUT2D eigenvalue weighted by atomic mass is 9.83. The molecular weight excluding hydrogens is 318 g/mol. The fraction of sp³-hybridized carbons (Fsp3) is 0.500. The van der Waals surface area contributed by atoms with Crippen LogP contribution in [0.2, 0.25) is 0 Å². The maximum Gasteiger partial charge on any atom is 0.0812 e. The average Bonchev–Trinajstić information content (AvgIpc) is 2.92. The van der Waals surface area contributed by atoms with Crippen LogP contribution in [0.3, 0.4) is 0 Å². The third-order valence-electron chi connectivity index (χ3n) is 5.45. The maximum absolute atomic E-state index is 6.42. The van der Waals surface area contributed by atoms with Crippen molar-refractivity contribution in [3.05, 3.63) is 57.6 Å². The van der Waals surface area contributed by atoms with Gasteiger partial charge in [-0.15, -0.1) is 0 Å². The van der Waals surface area contributed by atoms with Gasteiger partial charge in [-0.25, -0.2) is 0 Å². The van der Waals surface area contributed by atoms with E-state index in [2.05, 4.69) is 84.7 Å². The minimum absolute atomic E-state index is 0.0567. The van der Waals surface area contributed by atoms with Crippen molar-refractivity contribution in [1.82, 2.24) is 4.90 Å². The van der Waals surface area contributed by atoms with Crippen LogP contribution in [0.1, 0.15) is 67.2 Å². The van der Waals surface area contributed by atoms with Gasteiger partial charge in [0.25, 0.3) is 0 Å². The van der Waals surface area contributed by atoms with Gasteiger partial charge in [-0.3, -0.25) is 4.90 Å². The van der Waals surface area contributed by atoms with Gasteiger partial charge in [-0.2, -0.15) is 0 Å². The third-order valence-corrected chi connectivity index (χ3v) is 5.45. The van der Waals surface area contributed by atoms with E-state index >= 15 is 0 Å². The van der Waals surface area contributed by atoms with E-state index < -0.39 is 0 Å². The minimum Gasteiger partial charge on any atom is -0.368 e. The van der Waals surface area contributed by atoms with Crippen molar-refractivity contribution in [2.75, 3.05) is 7.05 Å². The van der Waals surface area contributed by atoms with E-state index in [0.717, 1.165) is 13.1 Å². The van der Waals surface area contributed by atoms with Gasteiger partial charge in [0, 0.05) is 13.1 Å². The van der Waals surface area contributed by atoms with Gasteiger partial charge in [0.15, 0.2) is 0 Å². The smallest absolute Gasteiger partial charge is 0.0812 e. The summed E-state index contributed by atoms with van der Waals surface area (Å²) in [6.07, 6.45) is 0.0567. The molecule has 1 aliphatic heterocycles. The first-order chi connectivity index (χ1) is 12.1. The quantitative estimate of drug-likeness (QED) is 0.662. The van der Waals surface area contributed by atoms with Gasteiger partial charge >= 0.3 is 0 Å². The third kappa shape index (κ3) is 3.58. The molecule has 0 saturated carbocycles. The summed E-state index contributed by atoms with van der Waals surface area (Å²) in [6.45, 7) is 17.4. The zero-order valence-corrected chi connectivity index (χ0v) is 17.7. The fourth-order valence-corrected chi connectivity index (χ4v) is 4.37. The van der Waals surface area contributed by atoms with E-state index in [1.807, 2.05) is 0 Å². The SMILES string of the molecule is Cc1ccc(-c2c(C)c3c(c(C)c2C(C)OC(C)(C)C)CN(C)C3)cc1. The Morgan fingerprint density at radius 1 is 0.923 bits per heavy atom. The van der Waals surface area contributed by atoms with Crippen molar-refractivity contribution in [3.8, 4) is 11.1 Å². The van der Waals surface area contributed by atoms with Gasteiger partial charge < -0.3 is 4.74 Å². The summed E-state index contributed by atoms with van der Waals surface area (Å²) < 4.78 is 6.42. The molecule has 0 N–H and O–H groups in total. The number of benzene rings is 2. The molecule has 2 heteroatoms. The van der Waals surface area contributed by atoms with Crippen LogP contribution in [0.25, 0.3) is 11.1 Å². The number of fused-ring (bicyclic) bond motifs is 1. The molecule has 0 amide bonds. The maximum atomic E-state index is 6.42. The first-order valence-electron chi connectivity index (χ1n) is 9.66. The molecule has 1 aliphatic rings. The summed E-state index contributed by atoms with van der Waals surface area (Å²) in [7, 11) is 2.21. The van der Waals surface area contributed by atoms with Crippen molar-refractivity contribution in [2.24, 2.45) is 0 Å². The highest BCUT2D eigenvalue weighted by Crippen LogP contribution is 2.43. The molecule has 0 aromatic heterocycles. The Hall–Kier alpha value is -1.64. The van der Waals surface area contributed by atoms with Crippen LogP contribution < -0.4 is 0 Å². The predicted molar refractivity (Wildman–Crippen MR) is 111 cm³/mol. The second kappa shape index (κ2) is 6.83. The monoisotopic (exact) mass is 351 g/mol. The van der Waals surface area contributed by atoms with Crippen molar-refractivity contribution in [2.45, 2.75) is 73.3 Å². The molecule has 1 atom stereocenters. The van der Waals surface area contributed by atoms with Crippen molar-refractivity contribution in [3.63, 3.8) is 0 Å². The van der Waals surface area contributed by atoms with Crippen LogP contribution >= 0.6 is 0 Å². The molecule has 3 rings (SSSR count). The van der Waals surface area contributed by atoms with E-state index in [-0.39, 0.29) is 11.7 Å². The fourth-order valence-electron chi connectivity index (χ4n) is 4.37. The highest BCUT2D eigenvalue weighted by Gasteiger charge is 2.29. The Bertz CT molecular complexity index is 812. The molecule has 0 saturated heterocycles. The van der Waals surface area contributed by atoms with E-state index in [4.69, 9.17) is 4.74 Å². The summed E-state index contributed by atoms with van der Waals surface area (Å²) in [5.74, 6) is 0. The Labute approximate surface area is 159 Å². The van der Waals surface area contributed by atoms with Crippen molar-refractivity contribution >= 4 is 0 Å². The predicted octanol–water partition coefficient (Wildman–Crippen LogP) is 6.10. The first-order valence-corrected chi connectivity index (χ1v) is 9.66. The molecule has 26 heavy (non-hydrogen) atoms. The van der Waals surface area contributed by atoms with E-state index in [0.29, 0.717) is 0 Å². The summed E-state index contributed by atoms with van der Waals surface area (Å²) in [4.78, 5) is 2.41. The molecule has 140 valence electrons. The van der Waals surface area contributed by atoms with E-state index in [1.165, 1.54) is 44.5 Å². The molecular formula is C24H33NO. The van der Waals surface area contributed by atoms with Crippen LogP contribution in [0.4, 0.5) is 0 Å². The summed E-state index contributed by atoms with van der Waals surface area (Å²) in [5, 5.41) is 0. The molecule has 2 aromatic rings. The summed E-state index contributed by atoms with van der Waals surface area (Å²) in [5.41, 5.74) is 11.0. The van der Waals surface area contributed by atoms with Gasteiger partial charge in [-0.05, 0) is 94.5 Å². The summed E-state index contributed by atoms with van der Waals surface area (Å²) in [6, 6.07) is 8.94. The Morgan fingerprint density at radius 3 is 2.00 bits per heavy atom. The molecule has 0 spiro atoms. The first kappa shape index (κ1) is 19.1. The van der Waals surface area contributed by atoms with Crippen molar-refractivity contribution in [1.29, 1.82) is 0 Å². The Kier molecular flexibility index (Phi) is 5.02. The van der Waals surface area contributed by atoms with E-state index in [1.54, 1.807) is 0 Å². The second-order valence-corrected chi connectivity index (χ2v) is 8.91. The largest absolute Gasteiger partial charge is 0.368 e. The van der Waals surface area contributed by atoms with Gasteiger partial charge in [0.05, 0.1) is 11.7 Å². The standard InChI is InChI=1S/C24H33NO/c1-15-9-11-19(12-10-15)23-17(3)21-14-25(8)13-20(21)16(2)22(23)18(4)26-24(5,6)7/h9-12,18H,13-14H2,1-8H3. The Balaban J connectivity index is 2.25. The van der Waals surface area contributed by atoms with E-state index in [9.17, 15) is 0 Å². The highest BCUT2D eigenvalue weighted by molar-refractivity contribution is 5.76. The number of rotatable bonds is 3. The van der Waals surface area contributed by atoms with Crippen LogP contribution in [-0.2, 0) is 17.8 Å². The topological polar surface area (TPSA) is 12.5 Å². The lowest BCUT2D eigenvalue weighted by Crippen LogP contribution is -2.22. The zero-order chi connectivity index (χ0) is 19.2. The molecule has 2 nitrogen and oxygen atoms in total. The number of ether oxygens (including phenoxy) is 1. The van der Waals surface area contributed by atoms with Crippen LogP contribution in [0, 0.1) is 20.8 Å². The molecule has 1 unspecified atom stereocenters. The second-order valence-electron chi connectivity index (χ2n) is 8.91. The Morgan fingerprint density at radius 2 is 1.46 bits per heavy atom. The average molecular weight is 352 g/mol. The van der Waals surface area contributed by atoms with Crippen LogP contribution in [-0.4, -0.2) is 17.5 Å². The van der Waals surface area contributed by atoms with Crippen LogP contribution in [0.5, 0.6) is 0 Å². The molecule has 0 bridgehead atoms. The molecule has 2 aromatic carbocycles. The lowest BCUT2D eigenvalue weighted by molar-refractivity contribution is -0.0530. The zero-order valence-electron chi connectivity index (χ0n) is 17.7. The van der Waals surface area contributed by atoms with Crippen LogP contribution in [0.15, 0.2) is 24.3 Å². The number of hydrogen-bond acceptors (Lipinski definition) is 2. The highest BCUT2D eigenvalue weighted by atomic mass is 16.5. The van der Waals surface area contributed by atoms with Gasteiger partial charge in [0.1, 0.15) is 0 Å². The van der Waals surface area contributed by atoms with Crippen molar-refractivity contribution < 1.29 is 4.74 Å². The number of aryl methyl sites for hydroxylation is 1. The number of hydrogen-bond donors (Lipinski definition) is 0. The lowest BCUT2D eigenvalue weighted by Gasteiger charge is -2.30.